The molecule has 30 heavy (non-hydrogen) atoms. The molecule has 2 N–H and O–H groups in total. The predicted octanol–water partition coefficient (Wildman–Crippen LogP) is 4.12. The molecule has 0 saturated heterocycles. The Hall–Kier alpha value is -3.16. The van der Waals surface area contributed by atoms with E-state index in [1.165, 1.54) is 24.3 Å². The van der Waals surface area contributed by atoms with E-state index < -0.39 is 10.0 Å². The SMILES string of the molecule is CCNS(=O)(=O)c1ccc(C(=O)Nc2ccc(OCc3ccccc3)cc2C)cc1. The molecule has 0 aliphatic carbocycles. The lowest BCUT2D eigenvalue weighted by Gasteiger charge is -2.12. The maximum Gasteiger partial charge on any atom is 0.255 e. The Labute approximate surface area is 177 Å². The highest BCUT2D eigenvalue weighted by Crippen LogP contribution is 2.23. The lowest BCUT2D eigenvalue weighted by Crippen LogP contribution is -2.23. The van der Waals surface area contributed by atoms with Crippen LogP contribution < -0.4 is 14.8 Å². The Morgan fingerprint density at radius 3 is 2.30 bits per heavy atom. The molecule has 7 heteroatoms. The van der Waals surface area contributed by atoms with Gasteiger partial charge in [0.15, 0.2) is 0 Å². The normalized spacial score (nSPS) is 11.1. The summed E-state index contributed by atoms with van der Waals surface area (Å²) in [4.78, 5) is 12.7. The van der Waals surface area contributed by atoms with Crippen LogP contribution in [-0.2, 0) is 16.6 Å². The van der Waals surface area contributed by atoms with Crippen molar-refractivity contribution in [2.75, 3.05) is 11.9 Å². The number of carbonyl (C=O) groups is 1. The quantitative estimate of drug-likeness (QED) is 0.570. The van der Waals surface area contributed by atoms with Crippen molar-refractivity contribution in [1.29, 1.82) is 0 Å². The summed E-state index contributed by atoms with van der Waals surface area (Å²) in [5.74, 6) is 0.399. The molecule has 0 aliphatic heterocycles. The summed E-state index contributed by atoms with van der Waals surface area (Å²) in [7, 11) is -3.54. The molecule has 0 aliphatic rings. The fourth-order valence-corrected chi connectivity index (χ4v) is 3.90. The van der Waals surface area contributed by atoms with Crippen LogP contribution in [0.5, 0.6) is 5.75 Å². The van der Waals surface area contributed by atoms with Crippen molar-refractivity contribution in [1.82, 2.24) is 4.72 Å². The van der Waals surface area contributed by atoms with E-state index in [0.29, 0.717) is 30.2 Å². The van der Waals surface area contributed by atoms with Crippen LogP contribution in [-0.4, -0.2) is 20.9 Å². The lowest BCUT2D eigenvalue weighted by molar-refractivity contribution is 0.102. The van der Waals surface area contributed by atoms with Gasteiger partial charge in [-0.3, -0.25) is 4.79 Å². The van der Waals surface area contributed by atoms with E-state index in [4.69, 9.17) is 4.74 Å². The van der Waals surface area contributed by atoms with Gasteiger partial charge in [-0.15, -0.1) is 0 Å². The van der Waals surface area contributed by atoms with Crippen molar-refractivity contribution >= 4 is 21.6 Å². The van der Waals surface area contributed by atoms with Gasteiger partial charge in [-0.1, -0.05) is 37.3 Å². The number of rotatable bonds is 8. The first-order chi connectivity index (χ1) is 14.4. The Bertz CT molecular complexity index is 1110. The number of anilines is 1. The minimum atomic E-state index is -3.54. The van der Waals surface area contributed by atoms with E-state index in [1.807, 2.05) is 43.3 Å². The first-order valence-corrected chi connectivity index (χ1v) is 11.1. The lowest BCUT2D eigenvalue weighted by atomic mass is 10.1. The highest BCUT2D eigenvalue weighted by molar-refractivity contribution is 7.89. The zero-order valence-corrected chi connectivity index (χ0v) is 17.7. The molecule has 156 valence electrons. The van der Waals surface area contributed by atoms with Gasteiger partial charge in [-0.25, -0.2) is 13.1 Å². The van der Waals surface area contributed by atoms with Crippen LogP contribution in [0.1, 0.15) is 28.4 Å². The zero-order valence-electron chi connectivity index (χ0n) is 16.9. The maximum absolute atomic E-state index is 12.5. The highest BCUT2D eigenvalue weighted by atomic mass is 32.2. The molecule has 0 unspecified atom stereocenters. The van der Waals surface area contributed by atoms with Gasteiger partial charge in [-0.2, -0.15) is 0 Å². The van der Waals surface area contributed by atoms with Crippen molar-refractivity contribution in [3.05, 3.63) is 89.5 Å². The fraction of sp³-hybridized carbons (Fsp3) is 0.174. The summed E-state index contributed by atoms with van der Waals surface area (Å²) in [6.45, 7) is 4.36. The molecule has 1 amide bonds. The summed E-state index contributed by atoms with van der Waals surface area (Å²) in [5.41, 5.74) is 2.97. The second-order valence-corrected chi connectivity index (χ2v) is 8.50. The van der Waals surface area contributed by atoms with Crippen LogP contribution in [0.2, 0.25) is 0 Å². The molecule has 3 aromatic rings. The average molecular weight is 425 g/mol. The van der Waals surface area contributed by atoms with Gasteiger partial charge in [0, 0.05) is 17.8 Å². The van der Waals surface area contributed by atoms with Gasteiger partial charge in [0.05, 0.1) is 4.90 Å². The maximum atomic E-state index is 12.5. The minimum Gasteiger partial charge on any atom is -0.489 e. The van der Waals surface area contributed by atoms with E-state index in [0.717, 1.165) is 11.1 Å². The number of sulfonamides is 1. The third-order valence-electron chi connectivity index (χ3n) is 4.46. The largest absolute Gasteiger partial charge is 0.489 e. The monoisotopic (exact) mass is 424 g/mol. The smallest absolute Gasteiger partial charge is 0.255 e. The summed E-state index contributed by atoms with van der Waals surface area (Å²) in [6.07, 6.45) is 0. The standard InChI is InChI=1S/C23H24N2O4S/c1-3-24-30(27,28)21-12-9-19(10-13-21)23(26)25-22-14-11-20(15-17(22)2)29-16-18-7-5-4-6-8-18/h4-15,24H,3,16H2,1-2H3,(H,25,26). The topological polar surface area (TPSA) is 84.5 Å². The summed E-state index contributed by atoms with van der Waals surface area (Å²) >= 11 is 0. The third-order valence-corrected chi connectivity index (χ3v) is 6.02. The van der Waals surface area contributed by atoms with Crippen molar-refractivity contribution in [2.24, 2.45) is 0 Å². The number of carbonyl (C=O) groups excluding carboxylic acids is 1. The van der Waals surface area contributed by atoms with E-state index in [9.17, 15) is 13.2 Å². The van der Waals surface area contributed by atoms with E-state index in [1.54, 1.807) is 19.1 Å². The van der Waals surface area contributed by atoms with Crippen LogP contribution in [0.3, 0.4) is 0 Å². The van der Waals surface area contributed by atoms with Gasteiger partial charge in [0.1, 0.15) is 12.4 Å². The van der Waals surface area contributed by atoms with Crippen molar-refractivity contribution < 1.29 is 17.9 Å². The van der Waals surface area contributed by atoms with Crippen molar-refractivity contribution in [2.45, 2.75) is 25.3 Å². The molecule has 6 nitrogen and oxygen atoms in total. The molecule has 0 heterocycles. The van der Waals surface area contributed by atoms with Crippen LogP contribution in [0.4, 0.5) is 5.69 Å². The molecule has 0 spiro atoms. The highest BCUT2D eigenvalue weighted by Gasteiger charge is 2.14. The Kier molecular flexibility index (Phi) is 6.87. The summed E-state index contributed by atoms with van der Waals surface area (Å²) < 4.78 is 32.2. The Morgan fingerprint density at radius 2 is 1.67 bits per heavy atom. The first-order valence-electron chi connectivity index (χ1n) is 9.57. The molecule has 0 atom stereocenters. The number of aryl methyl sites for hydroxylation is 1. The number of ether oxygens (including phenoxy) is 1. The van der Waals surface area contributed by atoms with Gasteiger partial charge in [-0.05, 0) is 60.5 Å². The molecule has 0 radical (unpaired) electrons. The Balaban J connectivity index is 1.65. The van der Waals surface area contributed by atoms with E-state index in [-0.39, 0.29) is 10.8 Å². The van der Waals surface area contributed by atoms with Crippen molar-refractivity contribution in [3.63, 3.8) is 0 Å². The number of hydrogen-bond acceptors (Lipinski definition) is 4. The molecular formula is C23H24N2O4S. The minimum absolute atomic E-state index is 0.122. The van der Waals surface area contributed by atoms with E-state index >= 15 is 0 Å². The van der Waals surface area contributed by atoms with Crippen LogP contribution in [0, 0.1) is 6.92 Å². The molecular weight excluding hydrogens is 400 g/mol. The van der Waals surface area contributed by atoms with Crippen molar-refractivity contribution in [3.8, 4) is 5.75 Å². The number of nitrogens with one attached hydrogen (secondary N) is 2. The summed E-state index contributed by atoms with van der Waals surface area (Å²) in [6, 6.07) is 21.2. The zero-order chi connectivity index (χ0) is 21.6. The number of amides is 1. The van der Waals surface area contributed by atoms with E-state index in [2.05, 4.69) is 10.0 Å². The first kappa shape index (κ1) is 21.5. The van der Waals surface area contributed by atoms with Gasteiger partial charge in [0.2, 0.25) is 10.0 Å². The average Bonchev–Trinajstić information content (AvgIpc) is 2.75. The third kappa shape index (κ3) is 5.46. The summed E-state index contributed by atoms with van der Waals surface area (Å²) in [5, 5.41) is 2.85. The predicted molar refractivity (Wildman–Crippen MR) is 117 cm³/mol. The van der Waals surface area contributed by atoms with Gasteiger partial charge < -0.3 is 10.1 Å². The number of benzene rings is 3. The molecule has 3 rings (SSSR count). The van der Waals surface area contributed by atoms with Gasteiger partial charge >= 0.3 is 0 Å². The second kappa shape index (κ2) is 9.56. The molecule has 0 bridgehead atoms. The fourth-order valence-electron chi connectivity index (χ4n) is 2.86. The van der Waals surface area contributed by atoms with Crippen LogP contribution in [0.15, 0.2) is 77.7 Å². The van der Waals surface area contributed by atoms with Gasteiger partial charge in [0.25, 0.3) is 5.91 Å². The second-order valence-electron chi connectivity index (χ2n) is 6.73. The molecule has 0 aromatic heterocycles. The van der Waals surface area contributed by atoms with Crippen LogP contribution in [0.25, 0.3) is 0 Å². The molecule has 0 fully saturated rings. The Morgan fingerprint density at radius 1 is 0.967 bits per heavy atom. The molecule has 3 aromatic carbocycles. The van der Waals surface area contributed by atoms with Crippen LogP contribution >= 0.6 is 0 Å². The number of hydrogen-bond donors (Lipinski definition) is 2. The molecule has 0 saturated carbocycles.